The summed E-state index contributed by atoms with van der Waals surface area (Å²) in [5, 5.41) is 0. The molecule has 1 aromatic heterocycles. The van der Waals surface area contributed by atoms with Crippen LogP contribution in [0.5, 0.6) is 0 Å². The summed E-state index contributed by atoms with van der Waals surface area (Å²) in [7, 11) is 0. The van der Waals surface area contributed by atoms with E-state index in [1.165, 1.54) is 12.3 Å². The molecule has 5 nitrogen and oxygen atoms in total. The van der Waals surface area contributed by atoms with Crippen molar-refractivity contribution in [3.8, 4) is 0 Å². The van der Waals surface area contributed by atoms with Crippen LogP contribution in [0.25, 0.3) is 0 Å². The molecule has 0 bridgehead atoms. The van der Waals surface area contributed by atoms with E-state index in [0.29, 0.717) is 6.42 Å². The Hall–Kier alpha value is -1.65. The summed E-state index contributed by atoms with van der Waals surface area (Å²) in [4.78, 5) is 26.3. The summed E-state index contributed by atoms with van der Waals surface area (Å²) in [6.07, 6.45) is 4.58. The molecule has 1 aromatic rings. The number of nitrogens with zero attached hydrogens (tertiary/aromatic N) is 2. The maximum atomic E-state index is 11.5. The van der Waals surface area contributed by atoms with Gasteiger partial charge in [-0.2, -0.15) is 4.98 Å². The number of carbonyl (C=O) groups excluding carboxylic acids is 1. The summed E-state index contributed by atoms with van der Waals surface area (Å²) >= 11 is 0. The van der Waals surface area contributed by atoms with E-state index in [2.05, 4.69) is 11.9 Å². The first-order chi connectivity index (χ1) is 7.15. The SMILES string of the molecule is CCCCCC(=O)n1ccc(N)nc1=O. The van der Waals surface area contributed by atoms with Gasteiger partial charge in [-0.05, 0) is 12.5 Å². The van der Waals surface area contributed by atoms with Gasteiger partial charge in [-0.15, -0.1) is 0 Å². The number of aromatic nitrogens is 2. The van der Waals surface area contributed by atoms with Gasteiger partial charge < -0.3 is 5.73 Å². The molecule has 1 rings (SSSR count). The van der Waals surface area contributed by atoms with E-state index < -0.39 is 5.69 Å². The maximum Gasteiger partial charge on any atom is 0.356 e. The quantitative estimate of drug-likeness (QED) is 0.752. The minimum Gasteiger partial charge on any atom is -0.383 e. The van der Waals surface area contributed by atoms with E-state index in [1.54, 1.807) is 0 Å². The molecule has 0 aliphatic rings. The molecule has 0 saturated heterocycles. The van der Waals surface area contributed by atoms with E-state index in [1.807, 2.05) is 0 Å². The zero-order valence-electron chi connectivity index (χ0n) is 8.77. The number of rotatable bonds is 4. The number of nitrogens with two attached hydrogens (primary N) is 1. The first kappa shape index (κ1) is 11.4. The lowest BCUT2D eigenvalue weighted by Gasteiger charge is -2.02. The second-order valence-electron chi connectivity index (χ2n) is 3.36. The van der Waals surface area contributed by atoms with Gasteiger partial charge in [0.1, 0.15) is 5.82 Å². The molecule has 0 saturated carbocycles. The summed E-state index contributed by atoms with van der Waals surface area (Å²) in [6, 6.07) is 1.44. The van der Waals surface area contributed by atoms with Crippen molar-refractivity contribution in [1.82, 2.24) is 9.55 Å². The van der Waals surface area contributed by atoms with Gasteiger partial charge in [0, 0.05) is 12.6 Å². The summed E-state index contributed by atoms with van der Waals surface area (Å²) in [5.74, 6) is -0.0847. The Bertz CT molecular complexity index is 398. The van der Waals surface area contributed by atoms with E-state index in [9.17, 15) is 9.59 Å². The van der Waals surface area contributed by atoms with Crippen molar-refractivity contribution >= 4 is 11.7 Å². The first-order valence-electron chi connectivity index (χ1n) is 5.03. The van der Waals surface area contributed by atoms with Crippen LogP contribution in [0, 0.1) is 0 Å². The third-order valence-corrected chi connectivity index (χ3v) is 2.09. The maximum absolute atomic E-state index is 11.5. The number of hydrogen-bond donors (Lipinski definition) is 1. The summed E-state index contributed by atoms with van der Waals surface area (Å²) in [5.41, 5.74) is 4.71. The number of nitrogen functional groups attached to an aromatic ring is 1. The van der Waals surface area contributed by atoms with Crippen molar-refractivity contribution in [1.29, 1.82) is 0 Å². The zero-order valence-corrected chi connectivity index (χ0v) is 8.77. The fourth-order valence-electron chi connectivity index (χ4n) is 1.25. The van der Waals surface area contributed by atoms with E-state index in [4.69, 9.17) is 5.73 Å². The standard InChI is InChI=1S/C10H15N3O2/c1-2-3-4-5-9(14)13-7-6-8(11)12-10(13)15/h6-7H,2-5H2,1H3,(H2,11,12,15). The minimum absolute atomic E-state index is 0.137. The van der Waals surface area contributed by atoms with Crippen LogP contribution >= 0.6 is 0 Å². The Morgan fingerprint density at radius 1 is 1.53 bits per heavy atom. The van der Waals surface area contributed by atoms with Crippen LogP contribution in [-0.2, 0) is 0 Å². The largest absolute Gasteiger partial charge is 0.383 e. The molecule has 0 spiro atoms. The highest BCUT2D eigenvalue weighted by atomic mass is 16.2. The lowest BCUT2D eigenvalue weighted by molar-refractivity contribution is 0.0893. The van der Waals surface area contributed by atoms with E-state index in [0.717, 1.165) is 23.8 Å². The summed E-state index contributed by atoms with van der Waals surface area (Å²) < 4.78 is 1.01. The van der Waals surface area contributed by atoms with Gasteiger partial charge in [0.25, 0.3) is 0 Å². The Kier molecular flexibility index (Phi) is 4.03. The normalized spacial score (nSPS) is 10.2. The molecule has 82 valence electrons. The predicted molar refractivity (Wildman–Crippen MR) is 57.7 cm³/mol. The topological polar surface area (TPSA) is 78.0 Å². The van der Waals surface area contributed by atoms with Crippen molar-refractivity contribution in [3.05, 3.63) is 22.7 Å². The average Bonchev–Trinajstić information content (AvgIpc) is 2.17. The van der Waals surface area contributed by atoms with Crippen LogP contribution in [0.3, 0.4) is 0 Å². The summed E-state index contributed by atoms with van der Waals surface area (Å²) in [6.45, 7) is 2.06. The van der Waals surface area contributed by atoms with Gasteiger partial charge in [-0.25, -0.2) is 9.36 Å². The molecule has 5 heteroatoms. The minimum atomic E-state index is -0.600. The fraction of sp³-hybridized carbons (Fsp3) is 0.500. The van der Waals surface area contributed by atoms with Crippen LogP contribution in [0.2, 0.25) is 0 Å². The highest BCUT2D eigenvalue weighted by Crippen LogP contribution is 2.01. The molecule has 0 aromatic carbocycles. The molecule has 0 unspecified atom stereocenters. The average molecular weight is 209 g/mol. The number of unbranched alkanes of at least 4 members (excludes halogenated alkanes) is 2. The number of hydrogen-bond acceptors (Lipinski definition) is 4. The Morgan fingerprint density at radius 3 is 2.87 bits per heavy atom. The van der Waals surface area contributed by atoms with Crippen LogP contribution in [0.15, 0.2) is 17.1 Å². The molecular formula is C10H15N3O2. The van der Waals surface area contributed by atoms with Crippen molar-refractivity contribution in [2.24, 2.45) is 0 Å². The smallest absolute Gasteiger partial charge is 0.356 e. The molecule has 1 heterocycles. The predicted octanol–water partition coefficient (Wildman–Crippen LogP) is 1.05. The molecule has 0 aliphatic carbocycles. The lowest BCUT2D eigenvalue weighted by atomic mass is 10.2. The zero-order chi connectivity index (χ0) is 11.3. The lowest BCUT2D eigenvalue weighted by Crippen LogP contribution is -2.28. The van der Waals surface area contributed by atoms with Gasteiger partial charge in [0.15, 0.2) is 0 Å². The monoisotopic (exact) mass is 209 g/mol. The van der Waals surface area contributed by atoms with Crippen molar-refractivity contribution in [2.75, 3.05) is 5.73 Å². The van der Waals surface area contributed by atoms with Crippen LogP contribution in [-0.4, -0.2) is 15.5 Å². The molecule has 15 heavy (non-hydrogen) atoms. The third-order valence-electron chi connectivity index (χ3n) is 2.09. The third kappa shape index (κ3) is 3.19. The number of carbonyl (C=O) groups is 1. The van der Waals surface area contributed by atoms with Gasteiger partial charge in [-0.3, -0.25) is 4.79 Å². The van der Waals surface area contributed by atoms with Gasteiger partial charge in [0.05, 0.1) is 0 Å². The Labute approximate surface area is 87.9 Å². The highest BCUT2D eigenvalue weighted by molar-refractivity contribution is 5.78. The van der Waals surface area contributed by atoms with Gasteiger partial charge in [0.2, 0.25) is 5.91 Å². The highest BCUT2D eigenvalue weighted by Gasteiger charge is 2.06. The van der Waals surface area contributed by atoms with Crippen LogP contribution < -0.4 is 11.4 Å². The van der Waals surface area contributed by atoms with Gasteiger partial charge in [-0.1, -0.05) is 19.8 Å². The molecule has 0 radical (unpaired) electrons. The van der Waals surface area contributed by atoms with Crippen LogP contribution in [0.1, 0.15) is 37.4 Å². The Morgan fingerprint density at radius 2 is 2.27 bits per heavy atom. The molecule has 2 N–H and O–H groups in total. The van der Waals surface area contributed by atoms with E-state index in [-0.39, 0.29) is 11.7 Å². The molecule has 0 fully saturated rings. The van der Waals surface area contributed by atoms with Crippen molar-refractivity contribution in [2.45, 2.75) is 32.6 Å². The fourth-order valence-corrected chi connectivity index (χ4v) is 1.25. The first-order valence-corrected chi connectivity index (χ1v) is 5.03. The Balaban J connectivity index is 2.70. The number of anilines is 1. The van der Waals surface area contributed by atoms with Crippen molar-refractivity contribution in [3.63, 3.8) is 0 Å². The van der Waals surface area contributed by atoms with E-state index >= 15 is 0 Å². The van der Waals surface area contributed by atoms with Crippen molar-refractivity contribution < 1.29 is 4.79 Å². The molecular weight excluding hydrogens is 194 g/mol. The molecule has 0 amide bonds. The van der Waals surface area contributed by atoms with Crippen LogP contribution in [0.4, 0.5) is 5.82 Å². The molecule has 0 atom stereocenters. The molecule has 0 aliphatic heterocycles. The second kappa shape index (κ2) is 5.29. The second-order valence-corrected chi connectivity index (χ2v) is 3.36. The van der Waals surface area contributed by atoms with Gasteiger partial charge >= 0.3 is 5.69 Å².